The first-order chi connectivity index (χ1) is 12.0. The molecule has 2 aliphatic rings. The minimum absolute atomic E-state index is 0.109. The number of allylic oxidation sites excluding steroid dienone is 3. The number of nitrogens with one attached hydrogen (secondary N) is 1. The molecule has 5 heteroatoms. The summed E-state index contributed by atoms with van der Waals surface area (Å²) in [5.74, 6) is -0.690. The van der Waals surface area contributed by atoms with E-state index in [1.165, 1.54) is 22.4 Å². The predicted molar refractivity (Wildman–Crippen MR) is 99.9 cm³/mol. The van der Waals surface area contributed by atoms with Crippen molar-refractivity contribution in [1.29, 1.82) is 0 Å². The van der Waals surface area contributed by atoms with Crippen LogP contribution in [0.15, 0.2) is 53.6 Å². The summed E-state index contributed by atoms with van der Waals surface area (Å²) < 4.78 is 0. The van der Waals surface area contributed by atoms with Gasteiger partial charge in [-0.05, 0) is 36.1 Å². The number of carbonyl (C=O) groups is 2. The van der Waals surface area contributed by atoms with Crippen molar-refractivity contribution in [2.75, 3.05) is 18.5 Å². The highest BCUT2D eigenvalue weighted by molar-refractivity contribution is 5.86. The summed E-state index contributed by atoms with van der Waals surface area (Å²) in [6.07, 6.45) is 7.44. The average Bonchev–Trinajstić information content (AvgIpc) is 2.62. The lowest BCUT2D eigenvalue weighted by Crippen LogP contribution is -2.36. The van der Waals surface area contributed by atoms with E-state index < -0.39 is 5.91 Å². The van der Waals surface area contributed by atoms with E-state index in [1.807, 2.05) is 0 Å². The van der Waals surface area contributed by atoms with E-state index in [-0.39, 0.29) is 18.5 Å². The zero-order valence-electron chi connectivity index (χ0n) is 14.6. The van der Waals surface area contributed by atoms with Crippen molar-refractivity contribution in [2.45, 2.75) is 25.8 Å². The average molecular weight is 337 g/mol. The van der Waals surface area contributed by atoms with Crippen molar-refractivity contribution in [3.63, 3.8) is 0 Å². The van der Waals surface area contributed by atoms with Gasteiger partial charge < -0.3 is 16.0 Å². The molecule has 1 unspecified atom stereocenters. The maximum absolute atomic E-state index is 11.8. The molecule has 130 valence electrons. The standard InChI is InChI=1S/C20H23N3O2/c1-13-15-5-3-4-6-17(15)23(2)18-9-7-14(11-16(13)18)8-10-20(25)22-12-19(21)24/h3-7,9,11,18H,8,10,12H2,1-2H3,(H2,21,24)(H,22,25). The van der Waals surface area contributed by atoms with Gasteiger partial charge in [0.25, 0.3) is 0 Å². The van der Waals surface area contributed by atoms with Gasteiger partial charge in [-0.3, -0.25) is 9.59 Å². The number of hydrogen-bond donors (Lipinski definition) is 2. The van der Waals surface area contributed by atoms with Gasteiger partial charge in [0.2, 0.25) is 11.8 Å². The summed E-state index contributed by atoms with van der Waals surface area (Å²) in [5, 5.41) is 2.52. The molecule has 1 aliphatic carbocycles. The molecule has 0 saturated carbocycles. The van der Waals surface area contributed by atoms with Crippen molar-refractivity contribution in [2.24, 2.45) is 5.73 Å². The first-order valence-corrected chi connectivity index (χ1v) is 8.44. The lowest BCUT2D eigenvalue weighted by Gasteiger charge is -2.38. The fourth-order valence-electron chi connectivity index (χ4n) is 3.41. The molecule has 0 spiro atoms. The maximum atomic E-state index is 11.8. The van der Waals surface area contributed by atoms with Crippen LogP contribution in [0.2, 0.25) is 0 Å². The van der Waals surface area contributed by atoms with E-state index in [9.17, 15) is 9.59 Å². The molecule has 0 radical (unpaired) electrons. The summed E-state index contributed by atoms with van der Waals surface area (Å²) in [6.45, 7) is 2.04. The van der Waals surface area contributed by atoms with Crippen LogP contribution < -0.4 is 16.0 Å². The Bertz CT molecular complexity index is 805. The van der Waals surface area contributed by atoms with Gasteiger partial charge in [0.15, 0.2) is 0 Å². The van der Waals surface area contributed by atoms with Crippen LogP contribution in [0.5, 0.6) is 0 Å². The third-order valence-electron chi connectivity index (χ3n) is 4.79. The number of fused-ring (bicyclic) bond motifs is 2. The van der Waals surface area contributed by atoms with Crippen molar-refractivity contribution < 1.29 is 9.59 Å². The van der Waals surface area contributed by atoms with Crippen molar-refractivity contribution in [3.8, 4) is 0 Å². The number of para-hydroxylation sites is 1. The minimum Gasteiger partial charge on any atom is -0.368 e. The van der Waals surface area contributed by atoms with Gasteiger partial charge in [-0.2, -0.15) is 0 Å². The van der Waals surface area contributed by atoms with Crippen LogP contribution in [0, 0.1) is 0 Å². The summed E-state index contributed by atoms with van der Waals surface area (Å²) in [4.78, 5) is 24.8. The Morgan fingerprint density at radius 2 is 2.04 bits per heavy atom. The Labute approximate surface area is 147 Å². The highest BCUT2D eigenvalue weighted by Gasteiger charge is 2.28. The fraction of sp³-hybridized carbons (Fsp3) is 0.300. The number of rotatable bonds is 5. The summed E-state index contributed by atoms with van der Waals surface area (Å²) in [5.41, 5.74) is 11.2. The van der Waals surface area contributed by atoms with Crippen LogP contribution in [0.3, 0.4) is 0 Å². The quantitative estimate of drug-likeness (QED) is 0.864. The number of nitrogens with two attached hydrogens (primary N) is 1. The van der Waals surface area contributed by atoms with Gasteiger partial charge in [0.05, 0.1) is 12.6 Å². The first-order valence-electron chi connectivity index (χ1n) is 8.44. The topological polar surface area (TPSA) is 75.4 Å². The highest BCUT2D eigenvalue weighted by atomic mass is 16.2. The third kappa shape index (κ3) is 3.50. The second-order valence-electron chi connectivity index (χ2n) is 6.47. The van der Waals surface area contributed by atoms with Crippen LogP contribution in [0.4, 0.5) is 5.69 Å². The molecule has 2 amide bonds. The number of likely N-dealkylation sites (N-methyl/N-ethyl adjacent to an activating group) is 1. The van der Waals surface area contributed by atoms with Crippen LogP contribution in [0.25, 0.3) is 5.57 Å². The molecule has 5 nitrogen and oxygen atoms in total. The largest absolute Gasteiger partial charge is 0.368 e. The van der Waals surface area contributed by atoms with Gasteiger partial charge in [-0.1, -0.05) is 36.4 Å². The van der Waals surface area contributed by atoms with E-state index >= 15 is 0 Å². The summed E-state index contributed by atoms with van der Waals surface area (Å²) >= 11 is 0. The normalized spacial score (nSPS) is 18.4. The van der Waals surface area contributed by atoms with Gasteiger partial charge in [-0.15, -0.1) is 0 Å². The minimum atomic E-state index is -0.530. The molecular weight excluding hydrogens is 314 g/mol. The molecule has 1 heterocycles. The monoisotopic (exact) mass is 337 g/mol. The van der Waals surface area contributed by atoms with Gasteiger partial charge in [-0.25, -0.2) is 0 Å². The second kappa shape index (κ2) is 6.97. The highest BCUT2D eigenvalue weighted by Crippen LogP contribution is 2.40. The number of hydrogen-bond acceptors (Lipinski definition) is 3. The Morgan fingerprint density at radius 3 is 2.80 bits per heavy atom. The van der Waals surface area contributed by atoms with Crippen LogP contribution in [-0.2, 0) is 9.59 Å². The van der Waals surface area contributed by atoms with Gasteiger partial charge in [0.1, 0.15) is 0 Å². The van der Waals surface area contributed by atoms with Crippen molar-refractivity contribution in [1.82, 2.24) is 5.32 Å². The number of primary amides is 1. The number of benzene rings is 1. The molecule has 1 aromatic carbocycles. The zero-order chi connectivity index (χ0) is 18.0. The number of nitrogens with zero attached hydrogens (tertiary/aromatic N) is 1. The second-order valence-corrected chi connectivity index (χ2v) is 6.47. The van der Waals surface area contributed by atoms with E-state index in [0.717, 1.165) is 5.57 Å². The summed E-state index contributed by atoms with van der Waals surface area (Å²) in [6, 6.07) is 8.64. The molecule has 1 aromatic rings. The van der Waals surface area contributed by atoms with Gasteiger partial charge in [0, 0.05) is 24.7 Å². The molecule has 25 heavy (non-hydrogen) atoms. The molecule has 0 bridgehead atoms. The molecular formula is C20H23N3O2. The molecule has 1 aliphatic heterocycles. The number of carbonyl (C=O) groups excluding carboxylic acids is 2. The number of amides is 2. The van der Waals surface area contributed by atoms with E-state index in [0.29, 0.717) is 12.8 Å². The van der Waals surface area contributed by atoms with Crippen LogP contribution in [0.1, 0.15) is 25.3 Å². The fourth-order valence-corrected chi connectivity index (χ4v) is 3.41. The molecule has 3 N–H and O–H groups in total. The van der Waals surface area contributed by atoms with Gasteiger partial charge >= 0.3 is 0 Å². The molecule has 0 aromatic heterocycles. The zero-order valence-corrected chi connectivity index (χ0v) is 14.6. The van der Waals surface area contributed by atoms with Crippen LogP contribution in [-0.4, -0.2) is 31.4 Å². The Hall–Kier alpha value is -2.82. The smallest absolute Gasteiger partial charge is 0.236 e. The van der Waals surface area contributed by atoms with E-state index in [2.05, 4.69) is 66.7 Å². The molecule has 0 fully saturated rings. The Balaban J connectivity index is 1.76. The van der Waals surface area contributed by atoms with Crippen LogP contribution >= 0.6 is 0 Å². The summed E-state index contributed by atoms with van der Waals surface area (Å²) in [7, 11) is 2.11. The SMILES string of the molecule is CC1=C2C=C(CCC(=O)NCC(N)=O)C=CC2N(C)c2ccccc21. The molecule has 0 saturated heterocycles. The Morgan fingerprint density at radius 1 is 1.28 bits per heavy atom. The van der Waals surface area contributed by atoms with E-state index in [1.54, 1.807) is 0 Å². The Kier molecular flexibility index (Phi) is 4.74. The lowest BCUT2D eigenvalue weighted by molar-refractivity contribution is -0.124. The van der Waals surface area contributed by atoms with E-state index in [4.69, 9.17) is 5.73 Å². The molecule has 3 rings (SSSR count). The number of anilines is 1. The first kappa shape index (κ1) is 17.0. The lowest BCUT2D eigenvalue weighted by atomic mass is 9.84. The maximum Gasteiger partial charge on any atom is 0.236 e. The van der Waals surface area contributed by atoms with Crippen molar-refractivity contribution in [3.05, 3.63) is 59.2 Å². The predicted octanol–water partition coefficient (Wildman–Crippen LogP) is 2.16. The van der Waals surface area contributed by atoms with Crippen molar-refractivity contribution >= 4 is 23.1 Å². The molecule has 1 atom stereocenters. The third-order valence-corrected chi connectivity index (χ3v) is 4.79.